The second-order valence-corrected chi connectivity index (χ2v) is 5.08. The SMILES string of the molecule is CCC(C)CN(CC)c1ccc(C(=O)O)c(C(F)(F)F)c1. The molecule has 0 aliphatic rings. The molecule has 0 aromatic heterocycles. The maximum atomic E-state index is 13.0. The summed E-state index contributed by atoms with van der Waals surface area (Å²) in [6, 6.07) is 3.39. The van der Waals surface area contributed by atoms with Crippen molar-refractivity contribution in [3.63, 3.8) is 0 Å². The first-order valence-electron chi connectivity index (χ1n) is 6.90. The van der Waals surface area contributed by atoms with Crippen LogP contribution in [0.5, 0.6) is 0 Å². The van der Waals surface area contributed by atoms with E-state index in [2.05, 4.69) is 0 Å². The maximum Gasteiger partial charge on any atom is 0.417 e. The number of aromatic carboxylic acids is 1. The summed E-state index contributed by atoms with van der Waals surface area (Å²) in [7, 11) is 0. The number of carboxylic acid groups (broad SMARTS) is 1. The van der Waals surface area contributed by atoms with Gasteiger partial charge in [0.2, 0.25) is 0 Å². The normalized spacial score (nSPS) is 13.0. The van der Waals surface area contributed by atoms with Crippen molar-refractivity contribution in [1.82, 2.24) is 0 Å². The third kappa shape index (κ3) is 4.37. The second-order valence-electron chi connectivity index (χ2n) is 5.08. The van der Waals surface area contributed by atoms with Gasteiger partial charge in [-0.2, -0.15) is 13.2 Å². The number of nitrogens with zero attached hydrogens (tertiary/aromatic N) is 1. The Morgan fingerprint density at radius 2 is 1.95 bits per heavy atom. The minimum absolute atomic E-state index is 0.346. The van der Waals surface area contributed by atoms with Gasteiger partial charge in [-0.1, -0.05) is 20.3 Å². The summed E-state index contributed by atoms with van der Waals surface area (Å²) in [6.07, 6.45) is -3.75. The first-order chi connectivity index (χ1) is 9.70. The van der Waals surface area contributed by atoms with Gasteiger partial charge < -0.3 is 10.0 Å². The zero-order valence-electron chi connectivity index (χ0n) is 12.4. The zero-order chi connectivity index (χ0) is 16.2. The summed E-state index contributed by atoms with van der Waals surface area (Å²) in [5, 5.41) is 8.89. The number of halogens is 3. The van der Waals surface area contributed by atoms with Crippen LogP contribution in [0, 0.1) is 5.92 Å². The predicted molar refractivity (Wildman–Crippen MR) is 75.7 cm³/mol. The monoisotopic (exact) mass is 303 g/mol. The molecule has 1 atom stereocenters. The van der Waals surface area contributed by atoms with Crippen LogP contribution in [-0.4, -0.2) is 24.2 Å². The van der Waals surface area contributed by atoms with E-state index in [0.29, 0.717) is 24.7 Å². The van der Waals surface area contributed by atoms with Crippen LogP contribution in [0.15, 0.2) is 18.2 Å². The van der Waals surface area contributed by atoms with Gasteiger partial charge in [-0.3, -0.25) is 0 Å². The van der Waals surface area contributed by atoms with Gasteiger partial charge in [-0.25, -0.2) is 4.79 Å². The average Bonchev–Trinajstić information content (AvgIpc) is 2.42. The maximum absolute atomic E-state index is 13.0. The molecule has 0 saturated heterocycles. The van der Waals surface area contributed by atoms with Crippen LogP contribution in [0.2, 0.25) is 0 Å². The molecule has 1 N–H and O–H groups in total. The Hall–Kier alpha value is -1.72. The van der Waals surface area contributed by atoms with Crippen molar-refractivity contribution in [1.29, 1.82) is 0 Å². The van der Waals surface area contributed by atoms with Gasteiger partial charge in [0, 0.05) is 18.8 Å². The summed E-state index contributed by atoms with van der Waals surface area (Å²) in [4.78, 5) is 12.8. The van der Waals surface area contributed by atoms with Crippen molar-refractivity contribution in [3.8, 4) is 0 Å². The third-order valence-electron chi connectivity index (χ3n) is 3.51. The summed E-state index contributed by atoms with van der Waals surface area (Å²) in [5.74, 6) is -1.22. The Kier molecular flexibility index (Phi) is 5.63. The number of anilines is 1. The van der Waals surface area contributed by atoms with Gasteiger partial charge in [-0.15, -0.1) is 0 Å². The van der Waals surface area contributed by atoms with Gasteiger partial charge in [0.15, 0.2) is 0 Å². The lowest BCUT2D eigenvalue weighted by Gasteiger charge is -2.27. The highest BCUT2D eigenvalue weighted by atomic mass is 19.4. The Morgan fingerprint density at radius 1 is 1.33 bits per heavy atom. The Labute approximate surface area is 122 Å². The minimum atomic E-state index is -4.68. The molecule has 1 aromatic carbocycles. The average molecular weight is 303 g/mol. The van der Waals surface area contributed by atoms with E-state index < -0.39 is 23.3 Å². The summed E-state index contributed by atoms with van der Waals surface area (Å²) < 4.78 is 39.0. The molecule has 0 saturated carbocycles. The van der Waals surface area contributed by atoms with Crippen LogP contribution in [-0.2, 0) is 6.18 Å². The standard InChI is InChI=1S/C15H20F3NO2/c1-4-10(3)9-19(5-2)11-6-7-12(14(20)21)13(8-11)15(16,17)18/h6-8,10H,4-5,9H2,1-3H3,(H,20,21). The molecule has 1 rings (SSSR count). The Morgan fingerprint density at radius 3 is 2.38 bits per heavy atom. The number of benzene rings is 1. The van der Waals surface area contributed by atoms with E-state index in [1.54, 1.807) is 0 Å². The van der Waals surface area contributed by atoms with E-state index in [0.717, 1.165) is 18.6 Å². The topological polar surface area (TPSA) is 40.5 Å². The highest BCUT2D eigenvalue weighted by Gasteiger charge is 2.35. The molecular formula is C15H20F3NO2. The highest BCUT2D eigenvalue weighted by Crippen LogP contribution is 2.35. The summed E-state index contributed by atoms with van der Waals surface area (Å²) in [6.45, 7) is 7.11. The quantitative estimate of drug-likeness (QED) is 0.853. The number of hydrogen-bond donors (Lipinski definition) is 1. The van der Waals surface area contributed by atoms with E-state index in [1.165, 1.54) is 6.07 Å². The molecule has 21 heavy (non-hydrogen) atoms. The Balaban J connectivity index is 3.23. The molecule has 0 heterocycles. The van der Waals surface area contributed by atoms with Crippen molar-refractivity contribution in [3.05, 3.63) is 29.3 Å². The van der Waals surface area contributed by atoms with E-state index >= 15 is 0 Å². The number of hydrogen-bond acceptors (Lipinski definition) is 2. The van der Waals surface area contributed by atoms with Crippen molar-refractivity contribution in [2.45, 2.75) is 33.4 Å². The minimum Gasteiger partial charge on any atom is -0.478 e. The van der Waals surface area contributed by atoms with Gasteiger partial charge in [0.05, 0.1) is 11.1 Å². The number of carboxylic acids is 1. The molecule has 0 fully saturated rings. The molecule has 1 unspecified atom stereocenters. The van der Waals surface area contributed by atoms with Gasteiger partial charge in [0.1, 0.15) is 0 Å². The van der Waals surface area contributed by atoms with Gasteiger partial charge in [0.25, 0.3) is 0 Å². The third-order valence-corrected chi connectivity index (χ3v) is 3.51. The van der Waals surface area contributed by atoms with E-state index in [9.17, 15) is 18.0 Å². The first kappa shape index (κ1) is 17.3. The van der Waals surface area contributed by atoms with Crippen LogP contribution < -0.4 is 4.90 Å². The molecule has 0 aliphatic heterocycles. The van der Waals surface area contributed by atoms with Crippen molar-refractivity contribution in [2.75, 3.05) is 18.0 Å². The molecule has 1 aromatic rings. The number of alkyl halides is 3. The molecule has 0 spiro atoms. The molecule has 0 radical (unpaired) electrons. The lowest BCUT2D eigenvalue weighted by atomic mass is 10.0. The molecule has 0 bridgehead atoms. The van der Waals surface area contributed by atoms with Crippen molar-refractivity contribution < 1.29 is 23.1 Å². The van der Waals surface area contributed by atoms with Crippen LogP contribution >= 0.6 is 0 Å². The largest absolute Gasteiger partial charge is 0.478 e. The lowest BCUT2D eigenvalue weighted by Crippen LogP contribution is -2.28. The van der Waals surface area contributed by atoms with E-state index in [4.69, 9.17) is 5.11 Å². The fraction of sp³-hybridized carbons (Fsp3) is 0.533. The summed E-state index contributed by atoms with van der Waals surface area (Å²) in [5.41, 5.74) is -1.42. The smallest absolute Gasteiger partial charge is 0.417 e. The first-order valence-corrected chi connectivity index (χ1v) is 6.90. The molecule has 0 amide bonds. The van der Waals surface area contributed by atoms with Gasteiger partial charge in [-0.05, 0) is 31.0 Å². The van der Waals surface area contributed by atoms with Gasteiger partial charge >= 0.3 is 12.1 Å². The zero-order valence-corrected chi connectivity index (χ0v) is 12.4. The van der Waals surface area contributed by atoms with Crippen LogP contribution in [0.1, 0.15) is 43.1 Å². The summed E-state index contributed by atoms with van der Waals surface area (Å²) >= 11 is 0. The van der Waals surface area contributed by atoms with Crippen molar-refractivity contribution >= 4 is 11.7 Å². The molecule has 3 nitrogen and oxygen atoms in total. The van der Waals surface area contributed by atoms with Crippen LogP contribution in [0.4, 0.5) is 18.9 Å². The predicted octanol–water partition coefficient (Wildman–Crippen LogP) is 4.28. The number of carbonyl (C=O) groups is 1. The number of rotatable bonds is 6. The van der Waals surface area contributed by atoms with Crippen LogP contribution in [0.25, 0.3) is 0 Å². The fourth-order valence-electron chi connectivity index (χ4n) is 2.07. The lowest BCUT2D eigenvalue weighted by molar-refractivity contribution is -0.138. The second kappa shape index (κ2) is 6.83. The van der Waals surface area contributed by atoms with Crippen molar-refractivity contribution in [2.24, 2.45) is 5.92 Å². The van der Waals surface area contributed by atoms with Crippen LogP contribution in [0.3, 0.4) is 0 Å². The molecular weight excluding hydrogens is 283 g/mol. The Bertz CT molecular complexity index is 500. The molecule has 118 valence electrons. The van der Waals surface area contributed by atoms with E-state index in [1.807, 2.05) is 25.7 Å². The van der Waals surface area contributed by atoms with E-state index in [-0.39, 0.29) is 0 Å². The molecule has 0 aliphatic carbocycles. The fourth-order valence-corrected chi connectivity index (χ4v) is 2.07. The molecule has 6 heteroatoms. The highest BCUT2D eigenvalue weighted by molar-refractivity contribution is 5.90.